The number of likely N-dealkylation sites (tertiary alicyclic amines) is 1. The van der Waals surface area contributed by atoms with Crippen molar-refractivity contribution in [3.8, 4) is 5.69 Å². The Bertz CT molecular complexity index is 963. The van der Waals surface area contributed by atoms with Crippen molar-refractivity contribution >= 4 is 5.69 Å². The molecule has 4 heterocycles. The summed E-state index contributed by atoms with van der Waals surface area (Å²) in [4.78, 5) is 11.4. The molecule has 0 bridgehead atoms. The number of hydrogen-bond donors (Lipinski definition) is 1. The van der Waals surface area contributed by atoms with Crippen LogP contribution in [-0.2, 0) is 5.54 Å². The largest absolute Gasteiger partial charge is 0.372 e. The lowest BCUT2D eigenvalue weighted by Gasteiger charge is -2.46. The summed E-state index contributed by atoms with van der Waals surface area (Å²) in [6.07, 6.45) is 10.4. The molecule has 2 aliphatic rings. The third-order valence-corrected chi connectivity index (χ3v) is 6.05. The lowest BCUT2D eigenvalue weighted by Crippen LogP contribution is -2.50. The minimum atomic E-state index is -0.294. The summed E-state index contributed by atoms with van der Waals surface area (Å²) >= 11 is 0. The number of aromatic nitrogens is 3. The molecule has 2 aliphatic heterocycles. The number of nitrogens with zero attached hydrogens (tertiary/aromatic N) is 4. The highest BCUT2D eigenvalue weighted by atomic mass is 19.1. The molecule has 2 aromatic heterocycles. The summed E-state index contributed by atoms with van der Waals surface area (Å²) in [5.74, 6) is 1.08. The molecule has 1 saturated heterocycles. The Morgan fingerprint density at radius 3 is 2.69 bits per heavy atom. The van der Waals surface area contributed by atoms with E-state index in [2.05, 4.69) is 46.8 Å². The molecule has 6 heteroatoms. The molecule has 1 fully saturated rings. The maximum absolute atomic E-state index is 14.0. The number of nitrogens with one attached hydrogen (secondary N) is 1. The monoisotopic (exact) mass is 393 g/mol. The first-order chi connectivity index (χ1) is 14.0. The number of anilines is 1. The maximum atomic E-state index is 14.0. The molecule has 29 heavy (non-hydrogen) atoms. The van der Waals surface area contributed by atoms with Crippen molar-refractivity contribution in [1.82, 2.24) is 19.4 Å². The molecule has 2 aromatic rings. The quantitative estimate of drug-likeness (QED) is 0.748. The van der Waals surface area contributed by atoms with Gasteiger partial charge in [0, 0.05) is 37.3 Å². The molecular weight excluding hydrogens is 365 g/mol. The van der Waals surface area contributed by atoms with E-state index in [1.807, 2.05) is 24.7 Å². The maximum Gasteiger partial charge on any atom is 0.127 e. The van der Waals surface area contributed by atoms with Crippen LogP contribution in [0, 0.1) is 0 Å². The van der Waals surface area contributed by atoms with Gasteiger partial charge in [0.2, 0.25) is 0 Å². The summed E-state index contributed by atoms with van der Waals surface area (Å²) in [6, 6.07) is 2.04. The van der Waals surface area contributed by atoms with Gasteiger partial charge in [-0.25, -0.2) is 9.37 Å². The van der Waals surface area contributed by atoms with Gasteiger partial charge in [-0.3, -0.25) is 14.5 Å². The van der Waals surface area contributed by atoms with Crippen LogP contribution < -0.4 is 5.32 Å². The lowest BCUT2D eigenvalue weighted by molar-refractivity contribution is 0.180. The third-order valence-electron chi connectivity index (χ3n) is 6.05. The molecule has 0 saturated carbocycles. The topological polar surface area (TPSA) is 46.0 Å². The van der Waals surface area contributed by atoms with Crippen LogP contribution in [0.25, 0.3) is 5.69 Å². The zero-order valence-electron chi connectivity index (χ0n) is 17.2. The Labute approximate surface area is 171 Å². The van der Waals surface area contributed by atoms with E-state index < -0.39 is 0 Å². The second kappa shape index (κ2) is 7.59. The molecular formula is C23H28FN5. The van der Waals surface area contributed by atoms with Gasteiger partial charge in [0.15, 0.2) is 0 Å². The molecule has 1 spiro atoms. The van der Waals surface area contributed by atoms with Crippen LogP contribution >= 0.6 is 0 Å². The predicted octanol–water partition coefficient (Wildman–Crippen LogP) is 4.70. The highest BCUT2D eigenvalue weighted by molar-refractivity contribution is 5.66. The van der Waals surface area contributed by atoms with Crippen LogP contribution in [0.15, 0.2) is 61.4 Å². The first-order valence-corrected chi connectivity index (χ1v) is 10.2. The molecule has 4 rings (SSSR count). The fraction of sp³-hybridized carbons (Fsp3) is 0.391. The number of rotatable bonds is 5. The van der Waals surface area contributed by atoms with E-state index in [1.165, 1.54) is 11.8 Å². The van der Waals surface area contributed by atoms with Gasteiger partial charge in [0.05, 0.1) is 35.0 Å². The fourth-order valence-electron chi connectivity index (χ4n) is 4.44. The average Bonchev–Trinajstić information content (AvgIpc) is 3.20. The summed E-state index contributed by atoms with van der Waals surface area (Å²) in [5, 5.41) is 3.79. The molecule has 0 unspecified atom stereocenters. The standard InChI is InChI=1S/C23H28FN5/c1-5-17(18(24)6-2)15-28-11-8-23(9-12-28)21-14-26-22(16(3)4)29(21)20-13-25-10-7-19(20)27-23/h5-7,10,13-14,16,27H,1-2,8-9,11-12,15H2,3-4H3/b18-17-. The highest BCUT2D eigenvalue weighted by Crippen LogP contribution is 2.44. The van der Waals surface area contributed by atoms with Gasteiger partial charge in [-0.2, -0.15) is 0 Å². The van der Waals surface area contributed by atoms with Crippen LogP contribution in [0.2, 0.25) is 0 Å². The van der Waals surface area contributed by atoms with Gasteiger partial charge in [-0.15, -0.1) is 0 Å². The number of halogens is 1. The minimum absolute atomic E-state index is 0.181. The average molecular weight is 394 g/mol. The van der Waals surface area contributed by atoms with Crippen molar-refractivity contribution in [3.05, 3.63) is 72.9 Å². The van der Waals surface area contributed by atoms with E-state index in [0.717, 1.165) is 43.1 Å². The third kappa shape index (κ3) is 3.31. The van der Waals surface area contributed by atoms with Gasteiger partial charge < -0.3 is 5.32 Å². The van der Waals surface area contributed by atoms with E-state index in [1.54, 1.807) is 6.08 Å². The molecule has 1 N–H and O–H groups in total. The number of fused-ring (bicyclic) bond motifs is 4. The van der Waals surface area contributed by atoms with Crippen molar-refractivity contribution in [2.45, 2.75) is 38.1 Å². The van der Waals surface area contributed by atoms with E-state index in [0.29, 0.717) is 18.0 Å². The number of pyridine rings is 1. The summed E-state index contributed by atoms with van der Waals surface area (Å²) in [6.45, 7) is 13.9. The first-order valence-electron chi connectivity index (χ1n) is 10.2. The normalized spacial score (nSPS) is 18.6. The number of imidazole rings is 1. The second-order valence-electron chi connectivity index (χ2n) is 8.15. The Kier molecular flexibility index (Phi) is 5.13. The molecule has 152 valence electrons. The summed E-state index contributed by atoms with van der Waals surface area (Å²) in [5.41, 5.74) is 3.75. The lowest BCUT2D eigenvalue weighted by atomic mass is 9.82. The van der Waals surface area contributed by atoms with Gasteiger partial charge in [0.1, 0.15) is 11.7 Å². The Balaban J connectivity index is 1.64. The van der Waals surface area contributed by atoms with Crippen molar-refractivity contribution in [1.29, 1.82) is 0 Å². The highest BCUT2D eigenvalue weighted by Gasteiger charge is 2.43. The van der Waals surface area contributed by atoms with Crippen molar-refractivity contribution in [2.75, 3.05) is 25.0 Å². The zero-order chi connectivity index (χ0) is 20.6. The zero-order valence-corrected chi connectivity index (χ0v) is 17.2. The Morgan fingerprint density at radius 2 is 2.03 bits per heavy atom. The van der Waals surface area contributed by atoms with Crippen molar-refractivity contribution in [3.63, 3.8) is 0 Å². The molecule has 0 aromatic carbocycles. The number of piperidine rings is 1. The van der Waals surface area contributed by atoms with Crippen LogP contribution in [-0.4, -0.2) is 39.1 Å². The molecule has 0 radical (unpaired) electrons. The van der Waals surface area contributed by atoms with E-state index in [9.17, 15) is 4.39 Å². The van der Waals surface area contributed by atoms with Crippen LogP contribution in [0.3, 0.4) is 0 Å². The van der Waals surface area contributed by atoms with Gasteiger partial charge in [-0.1, -0.05) is 33.1 Å². The minimum Gasteiger partial charge on any atom is -0.372 e. The van der Waals surface area contributed by atoms with E-state index in [4.69, 9.17) is 4.98 Å². The van der Waals surface area contributed by atoms with E-state index >= 15 is 0 Å². The summed E-state index contributed by atoms with van der Waals surface area (Å²) in [7, 11) is 0. The second-order valence-corrected chi connectivity index (χ2v) is 8.15. The van der Waals surface area contributed by atoms with Crippen molar-refractivity contribution < 1.29 is 4.39 Å². The Morgan fingerprint density at radius 1 is 1.28 bits per heavy atom. The molecule has 0 amide bonds. The van der Waals surface area contributed by atoms with E-state index in [-0.39, 0.29) is 11.4 Å². The molecule has 0 aliphatic carbocycles. The van der Waals surface area contributed by atoms with Gasteiger partial charge >= 0.3 is 0 Å². The van der Waals surface area contributed by atoms with Crippen LogP contribution in [0.4, 0.5) is 10.1 Å². The van der Waals surface area contributed by atoms with Gasteiger partial charge in [-0.05, 0) is 25.0 Å². The predicted molar refractivity (Wildman–Crippen MR) is 115 cm³/mol. The van der Waals surface area contributed by atoms with Crippen LogP contribution in [0.5, 0.6) is 0 Å². The molecule has 5 nitrogen and oxygen atoms in total. The van der Waals surface area contributed by atoms with Gasteiger partial charge in [0.25, 0.3) is 0 Å². The molecule has 0 atom stereocenters. The van der Waals surface area contributed by atoms with Crippen LogP contribution in [0.1, 0.15) is 44.1 Å². The SMILES string of the molecule is C=C/C(F)=C(\C=C)CN1CCC2(CC1)Nc1ccncc1-n1c2cnc1C(C)C. The van der Waals surface area contributed by atoms with Crippen molar-refractivity contribution in [2.24, 2.45) is 0 Å². The number of hydrogen-bond acceptors (Lipinski definition) is 4. The number of allylic oxidation sites excluding steroid dienone is 2. The fourth-order valence-corrected chi connectivity index (χ4v) is 4.44. The first kappa shape index (κ1) is 19.6. The Hall–Kier alpha value is -2.73. The summed E-state index contributed by atoms with van der Waals surface area (Å²) < 4.78 is 16.3. The smallest absolute Gasteiger partial charge is 0.127 e.